The molecule has 16 heavy (non-hydrogen) atoms. The van der Waals surface area contributed by atoms with Crippen molar-refractivity contribution < 1.29 is 0 Å². The fraction of sp³-hybridized carbons (Fsp3) is 0.143. The molecule has 0 amide bonds. The Balaban J connectivity index is 2.28. The predicted molar refractivity (Wildman–Crippen MR) is 77.6 cm³/mol. The molecule has 0 spiro atoms. The average Bonchev–Trinajstić information content (AvgIpc) is 2.31. The molecule has 0 N–H and O–H groups in total. The van der Waals surface area contributed by atoms with Crippen LogP contribution < -0.4 is 15.8 Å². The van der Waals surface area contributed by atoms with Crippen molar-refractivity contribution >= 4 is 33.2 Å². The van der Waals surface area contributed by atoms with Gasteiger partial charge in [-0.15, -0.1) is 0 Å². The van der Waals surface area contributed by atoms with Gasteiger partial charge in [-0.05, 0) is 10.6 Å². The highest BCUT2D eigenvalue weighted by Gasteiger charge is 2.07. The Morgan fingerprint density at radius 2 is 1.44 bits per heavy atom. The molecule has 0 bridgehead atoms. The summed E-state index contributed by atoms with van der Waals surface area (Å²) < 4.78 is 0. The van der Waals surface area contributed by atoms with Gasteiger partial charge in [-0.1, -0.05) is 81.5 Å². The molecule has 1 radical (unpaired) electrons. The maximum atomic E-state index is 2.36. The normalized spacial score (nSPS) is 11.4. The fourth-order valence-electron chi connectivity index (χ4n) is 1.71. The number of hydrogen-bond donors (Lipinski definition) is 0. The summed E-state index contributed by atoms with van der Waals surface area (Å²) in [4.78, 5) is 0. The summed E-state index contributed by atoms with van der Waals surface area (Å²) >= 11 is 0. The van der Waals surface area contributed by atoms with Gasteiger partial charge in [0.15, 0.2) is 0 Å². The van der Waals surface area contributed by atoms with Crippen molar-refractivity contribution in [1.29, 1.82) is 0 Å². The highest BCUT2D eigenvalue weighted by molar-refractivity contribution is 7.56. The monoisotopic (exact) mass is 243 g/mol. The Morgan fingerprint density at radius 3 is 2.12 bits per heavy atom. The predicted octanol–water partition coefficient (Wildman–Crippen LogP) is 2.28. The fourth-order valence-corrected chi connectivity index (χ4v) is 4.76. The molecule has 0 aliphatic carbocycles. The minimum atomic E-state index is -0.354. The maximum Gasteiger partial charge on any atom is 0.0800 e. The molecule has 2 aromatic rings. The molecule has 0 heterocycles. The summed E-state index contributed by atoms with van der Waals surface area (Å²) in [5.41, 5.74) is 0. The van der Waals surface area contributed by atoms with E-state index in [1.165, 1.54) is 10.6 Å². The van der Waals surface area contributed by atoms with Crippen LogP contribution in [0, 0.1) is 0 Å². The number of hydrogen-bond acceptors (Lipinski definition) is 0. The second-order valence-corrected chi connectivity index (χ2v) is 7.94. The van der Waals surface area contributed by atoms with Crippen LogP contribution in [0.15, 0.2) is 54.6 Å². The molecule has 0 aromatic heterocycles. The summed E-state index contributed by atoms with van der Waals surface area (Å²) in [6.45, 7) is 4.72. The van der Waals surface area contributed by atoms with Gasteiger partial charge in [0, 0.05) is 0 Å². The minimum absolute atomic E-state index is 0.354. The molecule has 0 saturated heterocycles. The third kappa shape index (κ3) is 2.81. The Hall–Kier alpha value is -0.913. The van der Waals surface area contributed by atoms with Crippen molar-refractivity contribution in [3.8, 4) is 0 Å². The molecule has 0 fully saturated rings. The van der Waals surface area contributed by atoms with Crippen LogP contribution >= 0.6 is 8.58 Å². The summed E-state index contributed by atoms with van der Waals surface area (Å²) in [5.74, 6) is 0. The van der Waals surface area contributed by atoms with Crippen molar-refractivity contribution in [2.75, 3.05) is 0 Å². The van der Waals surface area contributed by atoms with Gasteiger partial charge >= 0.3 is 0 Å². The first kappa shape index (κ1) is 11.6. The topological polar surface area (TPSA) is 0 Å². The van der Waals surface area contributed by atoms with Crippen LogP contribution in [0.2, 0.25) is 13.1 Å². The first-order chi connectivity index (χ1) is 7.77. The van der Waals surface area contributed by atoms with Gasteiger partial charge in [0.2, 0.25) is 0 Å². The number of rotatable bonds is 3. The van der Waals surface area contributed by atoms with Crippen molar-refractivity contribution in [2.24, 2.45) is 0 Å². The van der Waals surface area contributed by atoms with Crippen molar-refractivity contribution in [3.05, 3.63) is 54.6 Å². The molecule has 2 aromatic carbocycles. The highest BCUT2D eigenvalue weighted by Crippen LogP contribution is 2.08. The van der Waals surface area contributed by atoms with Crippen LogP contribution in [0.5, 0.6) is 0 Å². The van der Waals surface area contributed by atoms with E-state index in [1.54, 1.807) is 5.19 Å². The molecule has 81 valence electrons. The van der Waals surface area contributed by atoms with E-state index in [0.717, 1.165) is 8.58 Å². The van der Waals surface area contributed by atoms with E-state index in [4.69, 9.17) is 0 Å². The molecule has 0 aliphatic heterocycles. The summed E-state index contributed by atoms with van der Waals surface area (Å²) in [7, 11) is 0.440. The van der Waals surface area contributed by atoms with Gasteiger partial charge in [-0.3, -0.25) is 0 Å². The van der Waals surface area contributed by atoms with Crippen molar-refractivity contribution in [1.82, 2.24) is 0 Å². The molecular formula is C14H16PSi. The summed E-state index contributed by atoms with van der Waals surface area (Å²) in [6.07, 6.45) is 0. The zero-order valence-corrected chi connectivity index (χ0v) is 11.7. The Kier molecular flexibility index (Phi) is 3.92. The quantitative estimate of drug-likeness (QED) is 0.573. The smallest absolute Gasteiger partial charge is 0.0671 e. The zero-order valence-electron chi connectivity index (χ0n) is 9.70. The Bertz CT molecular complexity index is 451. The second kappa shape index (κ2) is 5.43. The van der Waals surface area contributed by atoms with Gasteiger partial charge in [0.05, 0.1) is 8.80 Å². The minimum Gasteiger partial charge on any atom is -0.0671 e. The van der Waals surface area contributed by atoms with Gasteiger partial charge < -0.3 is 0 Å². The molecular weight excluding hydrogens is 227 g/mol. The Morgan fingerprint density at radius 1 is 0.812 bits per heavy atom. The summed E-state index contributed by atoms with van der Waals surface area (Å²) in [5, 5.41) is 4.53. The van der Waals surface area contributed by atoms with E-state index >= 15 is 0 Å². The zero-order chi connectivity index (χ0) is 11.4. The third-order valence-corrected chi connectivity index (χ3v) is 5.61. The van der Waals surface area contributed by atoms with E-state index in [0.29, 0.717) is 0 Å². The molecule has 2 rings (SSSR count). The van der Waals surface area contributed by atoms with E-state index in [1.807, 2.05) is 0 Å². The van der Waals surface area contributed by atoms with Crippen LogP contribution in [0.1, 0.15) is 0 Å². The van der Waals surface area contributed by atoms with Crippen LogP contribution in [0.3, 0.4) is 0 Å². The van der Waals surface area contributed by atoms with E-state index in [-0.39, 0.29) is 8.80 Å². The largest absolute Gasteiger partial charge is 0.0800 e. The molecule has 1 unspecified atom stereocenters. The Labute approximate surface area is 101 Å². The van der Waals surface area contributed by atoms with Crippen LogP contribution in [0.4, 0.5) is 0 Å². The second-order valence-electron chi connectivity index (χ2n) is 4.04. The van der Waals surface area contributed by atoms with Crippen LogP contribution in [0.25, 0.3) is 0 Å². The van der Waals surface area contributed by atoms with Gasteiger partial charge in [0.1, 0.15) is 0 Å². The maximum absolute atomic E-state index is 2.36. The molecule has 1 atom stereocenters. The van der Waals surface area contributed by atoms with Crippen molar-refractivity contribution in [3.63, 3.8) is 0 Å². The summed E-state index contributed by atoms with van der Waals surface area (Å²) in [6, 6.07) is 19.6. The van der Waals surface area contributed by atoms with Crippen molar-refractivity contribution in [2.45, 2.75) is 13.1 Å². The number of benzene rings is 2. The lowest BCUT2D eigenvalue weighted by Crippen LogP contribution is -2.34. The molecule has 0 aliphatic rings. The molecule has 0 nitrogen and oxygen atoms in total. The van der Waals surface area contributed by atoms with E-state index in [9.17, 15) is 0 Å². The molecule has 2 heteroatoms. The van der Waals surface area contributed by atoms with E-state index < -0.39 is 0 Å². The first-order valence-corrected chi connectivity index (χ1v) is 8.99. The van der Waals surface area contributed by atoms with Crippen LogP contribution in [-0.4, -0.2) is 8.80 Å². The van der Waals surface area contributed by atoms with Gasteiger partial charge in [-0.25, -0.2) is 0 Å². The van der Waals surface area contributed by atoms with Crippen LogP contribution in [-0.2, 0) is 0 Å². The standard InChI is InChI=1S/C14H16PSi/c1-16(2)14-11-7-6-10-13(14)15-12-8-4-3-5-9-12/h3-11,15H,1-2H3. The lowest BCUT2D eigenvalue weighted by Gasteiger charge is -2.11. The first-order valence-electron chi connectivity index (χ1n) is 5.49. The lowest BCUT2D eigenvalue weighted by molar-refractivity contribution is 1.77. The third-order valence-electron chi connectivity index (χ3n) is 2.52. The highest BCUT2D eigenvalue weighted by atomic mass is 31.1. The average molecular weight is 243 g/mol. The lowest BCUT2D eigenvalue weighted by atomic mass is 10.4. The molecule has 0 saturated carbocycles. The van der Waals surface area contributed by atoms with E-state index in [2.05, 4.69) is 67.7 Å². The van der Waals surface area contributed by atoms with Gasteiger partial charge in [0.25, 0.3) is 0 Å². The SMILES string of the molecule is C[Si](C)c1ccccc1Pc1ccccc1. The van der Waals surface area contributed by atoms with Gasteiger partial charge in [-0.2, -0.15) is 0 Å².